The number of carbonyl (C=O) groups is 1. The van der Waals surface area contributed by atoms with Gasteiger partial charge in [0.25, 0.3) is 0 Å². The summed E-state index contributed by atoms with van der Waals surface area (Å²) in [6, 6.07) is 15.0. The minimum absolute atomic E-state index is 0.0176. The summed E-state index contributed by atoms with van der Waals surface area (Å²) >= 11 is 0. The molecular formula is C22H19N5O3. The molecule has 0 bridgehead atoms. The molecule has 0 unspecified atom stereocenters. The molecule has 0 aliphatic heterocycles. The van der Waals surface area contributed by atoms with Gasteiger partial charge in [0.1, 0.15) is 17.1 Å². The van der Waals surface area contributed by atoms with E-state index in [1.165, 1.54) is 24.3 Å². The third-order valence-corrected chi connectivity index (χ3v) is 4.25. The molecule has 0 atom stereocenters. The van der Waals surface area contributed by atoms with E-state index in [9.17, 15) is 15.0 Å². The molecule has 3 aromatic carbocycles. The van der Waals surface area contributed by atoms with Crippen molar-refractivity contribution < 1.29 is 15.0 Å². The van der Waals surface area contributed by atoms with Crippen LogP contribution in [0.5, 0.6) is 5.75 Å². The topological polar surface area (TPSA) is 119 Å². The van der Waals surface area contributed by atoms with Crippen molar-refractivity contribution in [3.8, 4) is 5.75 Å². The molecule has 3 aromatic rings. The predicted molar refractivity (Wildman–Crippen MR) is 115 cm³/mol. The molecule has 8 heteroatoms. The van der Waals surface area contributed by atoms with Gasteiger partial charge in [0.15, 0.2) is 0 Å². The van der Waals surface area contributed by atoms with Crippen LogP contribution in [0.3, 0.4) is 0 Å². The lowest BCUT2D eigenvalue weighted by atomic mass is 10.1. The Kier molecular flexibility index (Phi) is 6.07. The van der Waals surface area contributed by atoms with Gasteiger partial charge in [-0.1, -0.05) is 17.7 Å². The number of hydrogen-bond donors (Lipinski definition) is 2. The fourth-order valence-corrected chi connectivity index (χ4v) is 2.58. The van der Waals surface area contributed by atoms with Gasteiger partial charge in [-0.3, -0.25) is 4.99 Å². The number of rotatable bonds is 6. The first-order chi connectivity index (χ1) is 14.4. The van der Waals surface area contributed by atoms with Crippen LogP contribution in [-0.4, -0.2) is 22.9 Å². The molecule has 0 saturated heterocycles. The van der Waals surface area contributed by atoms with Gasteiger partial charge in [0.2, 0.25) is 0 Å². The van der Waals surface area contributed by atoms with Crippen LogP contribution < -0.4 is 0 Å². The fraction of sp³-hybridized carbons (Fsp3) is 0.0909. The van der Waals surface area contributed by atoms with Crippen molar-refractivity contribution >= 4 is 41.1 Å². The fourth-order valence-electron chi connectivity index (χ4n) is 2.58. The molecule has 3 rings (SSSR count). The number of nitrogens with zero attached hydrogens (tertiary/aromatic N) is 5. The zero-order chi connectivity index (χ0) is 21.7. The maximum absolute atomic E-state index is 11.7. The Morgan fingerprint density at radius 1 is 0.800 bits per heavy atom. The summed E-state index contributed by atoms with van der Waals surface area (Å²) in [5.74, 6) is -1.18. The molecule has 0 spiro atoms. The van der Waals surface area contributed by atoms with Crippen LogP contribution in [0.1, 0.15) is 21.5 Å². The quantitative estimate of drug-likeness (QED) is 0.346. The third kappa shape index (κ3) is 4.79. The van der Waals surface area contributed by atoms with Crippen molar-refractivity contribution in [1.82, 2.24) is 0 Å². The summed E-state index contributed by atoms with van der Waals surface area (Å²) in [6.45, 7) is 7.11. The number of hydrogen-bond acceptors (Lipinski definition) is 7. The second kappa shape index (κ2) is 8.87. The van der Waals surface area contributed by atoms with Crippen LogP contribution in [-0.2, 0) is 0 Å². The summed E-state index contributed by atoms with van der Waals surface area (Å²) in [5, 5.41) is 35.7. The molecule has 2 N–H and O–H groups in total. The van der Waals surface area contributed by atoms with Gasteiger partial charge < -0.3 is 10.2 Å². The Morgan fingerprint density at radius 3 is 2.10 bits per heavy atom. The Labute approximate surface area is 173 Å². The van der Waals surface area contributed by atoms with Gasteiger partial charge in [-0.05, 0) is 68.6 Å². The molecule has 0 aromatic heterocycles. The van der Waals surface area contributed by atoms with E-state index >= 15 is 0 Å². The number of phenolic OH excluding ortho intramolecular Hbond substituents is 1. The standard InChI is InChI=1S/C22H19N5O3/c1-13-4-6-15(7-5-13)24-25-16-8-9-18(17(11-16)22(29)30)26-27-19-12-20(23-3)21(28)10-14(19)2/h4-12,28H,3H2,1-2H3,(H,29,30). The van der Waals surface area contributed by atoms with E-state index in [4.69, 9.17) is 0 Å². The number of aromatic carboxylic acids is 1. The van der Waals surface area contributed by atoms with Gasteiger partial charge in [-0.15, -0.1) is 5.11 Å². The first-order valence-electron chi connectivity index (χ1n) is 8.95. The maximum Gasteiger partial charge on any atom is 0.338 e. The predicted octanol–water partition coefficient (Wildman–Crippen LogP) is 6.87. The van der Waals surface area contributed by atoms with E-state index in [0.29, 0.717) is 22.6 Å². The van der Waals surface area contributed by atoms with E-state index < -0.39 is 5.97 Å². The molecule has 0 aliphatic carbocycles. The lowest BCUT2D eigenvalue weighted by Crippen LogP contribution is -1.95. The van der Waals surface area contributed by atoms with E-state index in [2.05, 4.69) is 32.2 Å². The Bertz CT molecular complexity index is 1170. The van der Waals surface area contributed by atoms with E-state index in [-0.39, 0.29) is 22.7 Å². The largest absolute Gasteiger partial charge is 0.506 e. The first-order valence-corrected chi connectivity index (χ1v) is 8.95. The summed E-state index contributed by atoms with van der Waals surface area (Å²) in [7, 11) is 0. The van der Waals surface area contributed by atoms with Crippen molar-refractivity contribution in [2.75, 3.05) is 0 Å². The molecule has 0 saturated carbocycles. The highest BCUT2D eigenvalue weighted by Crippen LogP contribution is 2.35. The van der Waals surface area contributed by atoms with Crippen LogP contribution in [0, 0.1) is 13.8 Å². The van der Waals surface area contributed by atoms with Crippen LogP contribution in [0.15, 0.2) is 80.0 Å². The highest BCUT2D eigenvalue weighted by molar-refractivity contribution is 5.94. The van der Waals surface area contributed by atoms with E-state index in [1.807, 2.05) is 31.2 Å². The van der Waals surface area contributed by atoms with E-state index in [0.717, 1.165) is 5.56 Å². The number of azo groups is 2. The monoisotopic (exact) mass is 401 g/mol. The number of aliphatic imine (C=N–C) groups is 1. The van der Waals surface area contributed by atoms with Crippen molar-refractivity contribution in [3.63, 3.8) is 0 Å². The number of carboxylic acids is 1. The molecule has 0 aliphatic rings. The van der Waals surface area contributed by atoms with Crippen molar-refractivity contribution in [3.05, 3.63) is 71.3 Å². The molecule has 8 nitrogen and oxygen atoms in total. The van der Waals surface area contributed by atoms with Gasteiger partial charge in [-0.2, -0.15) is 15.3 Å². The molecule has 150 valence electrons. The summed E-state index contributed by atoms with van der Waals surface area (Å²) in [5.41, 5.74) is 3.62. The normalized spacial score (nSPS) is 11.3. The molecule has 0 fully saturated rings. The van der Waals surface area contributed by atoms with Gasteiger partial charge in [-0.25, -0.2) is 4.79 Å². The average Bonchev–Trinajstić information content (AvgIpc) is 2.73. The lowest BCUT2D eigenvalue weighted by molar-refractivity contribution is 0.0697. The van der Waals surface area contributed by atoms with Crippen LogP contribution in [0.25, 0.3) is 0 Å². The number of benzene rings is 3. The number of aromatic hydroxyl groups is 1. The number of aryl methyl sites for hydroxylation is 2. The summed E-state index contributed by atoms with van der Waals surface area (Å²) in [4.78, 5) is 15.4. The minimum Gasteiger partial charge on any atom is -0.506 e. The lowest BCUT2D eigenvalue weighted by Gasteiger charge is -2.04. The zero-order valence-electron chi connectivity index (χ0n) is 16.4. The Hall–Kier alpha value is -4.20. The SMILES string of the molecule is C=Nc1cc(N=Nc2ccc(N=Nc3ccc(C)cc3)cc2C(=O)O)c(C)cc1O. The second-order valence-corrected chi connectivity index (χ2v) is 6.53. The van der Waals surface area contributed by atoms with Gasteiger partial charge in [0, 0.05) is 0 Å². The van der Waals surface area contributed by atoms with Gasteiger partial charge >= 0.3 is 5.97 Å². The van der Waals surface area contributed by atoms with Crippen LogP contribution in [0.4, 0.5) is 28.4 Å². The van der Waals surface area contributed by atoms with Crippen molar-refractivity contribution in [2.45, 2.75) is 13.8 Å². The van der Waals surface area contributed by atoms with Gasteiger partial charge in [0.05, 0.1) is 22.6 Å². The van der Waals surface area contributed by atoms with Crippen LogP contribution >= 0.6 is 0 Å². The number of carboxylic acid groups (broad SMARTS) is 1. The molecular weight excluding hydrogens is 382 g/mol. The Balaban J connectivity index is 1.91. The highest BCUT2D eigenvalue weighted by Gasteiger charge is 2.12. The van der Waals surface area contributed by atoms with E-state index in [1.54, 1.807) is 13.0 Å². The molecule has 0 radical (unpaired) electrons. The average molecular weight is 401 g/mol. The maximum atomic E-state index is 11.7. The van der Waals surface area contributed by atoms with Crippen LogP contribution in [0.2, 0.25) is 0 Å². The molecule has 30 heavy (non-hydrogen) atoms. The summed E-state index contributed by atoms with van der Waals surface area (Å²) in [6.07, 6.45) is 0. The first kappa shape index (κ1) is 20.5. The molecule has 0 heterocycles. The Morgan fingerprint density at radius 2 is 1.43 bits per heavy atom. The second-order valence-electron chi connectivity index (χ2n) is 6.53. The smallest absolute Gasteiger partial charge is 0.338 e. The van der Waals surface area contributed by atoms with Crippen molar-refractivity contribution in [1.29, 1.82) is 0 Å². The molecule has 0 amide bonds. The summed E-state index contributed by atoms with van der Waals surface area (Å²) < 4.78 is 0. The van der Waals surface area contributed by atoms with Crippen molar-refractivity contribution in [2.24, 2.45) is 25.4 Å². The number of phenols is 1. The highest BCUT2D eigenvalue weighted by atomic mass is 16.4. The third-order valence-electron chi connectivity index (χ3n) is 4.25. The minimum atomic E-state index is -1.16. The zero-order valence-corrected chi connectivity index (χ0v) is 16.4.